The van der Waals surface area contributed by atoms with Gasteiger partial charge in [0.2, 0.25) is 11.8 Å². The van der Waals surface area contributed by atoms with Gasteiger partial charge < -0.3 is 25.2 Å². The first kappa shape index (κ1) is 38.1. The normalized spacial score (nSPS) is 18.8. The van der Waals surface area contributed by atoms with Gasteiger partial charge in [0.1, 0.15) is 25.5 Å². The largest absolute Gasteiger partial charge is 0.444 e. The van der Waals surface area contributed by atoms with Gasteiger partial charge in [0.25, 0.3) is 0 Å². The molecule has 2 N–H and O–H groups in total. The minimum atomic E-state index is -4.75. The fourth-order valence-electron chi connectivity index (χ4n) is 7.05. The predicted octanol–water partition coefficient (Wildman–Crippen LogP) is 6.41. The Kier molecular flexibility index (Phi) is 11.7. The lowest BCUT2D eigenvalue weighted by molar-refractivity contribution is -0.172. The third kappa shape index (κ3) is 8.75. The summed E-state index contributed by atoms with van der Waals surface area (Å²) in [5.74, 6) is -1.66. The van der Waals surface area contributed by atoms with Crippen molar-refractivity contribution in [1.29, 1.82) is 0 Å². The van der Waals surface area contributed by atoms with Gasteiger partial charge >= 0.3 is 18.3 Å². The molecule has 3 atom stereocenters. The quantitative estimate of drug-likeness (QED) is 0.172. The summed E-state index contributed by atoms with van der Waals surface area (Å²) in [4.78, 5) is 59.7. The monoisotopic (exact) mass is 747 g/mol. The van der Waals surface area contributed by atoms with Crippen molar-refractivity contribution in [3.8, 4) is 0 Å². The summed E-state index contributed by atoms with van der Waals surface area (Å²) >= 11 is 0. The zero-order chi connectivity index (χ0) is 38.4. The molecule has 2 aliphatic rings. The number of carbonyl (C=O) groups excluding carboxylic acids is 4. The Morgan fingerprint density at radius 3 is 2.26 bits per heavy atom. The van der Waals surface area contributed by atoms with Gasteiger partial charge in [-0.25, -0.2) is 14.0 Å². The van der Waals surface area contributed by atoms with Crippen molar-refractivity contribution in [3.63, 3.8) is 0 Å². The first-order valence-corrected chi connectivity index (χ1v) is 17.8. The molecule has 5 amide bonds. The van der Waals surface area contributed by atoms with Gasteiger partial charge in [0.05, 0.1) is 18.0 Å². The van der Waals surface area contributed by atoms with Gasteiger partial charge in [-0.2, -0.15) is 13.2 Å². The predicted molar refractivity (Wildman–Crippen MR) is 192 cm³/mol. The van der Waals surface area contributed by atoms with E-state index in [1.54, 1.807) is 0 Å². The molecule has 0 unspecified atom stereocenters. The molecule has 6 rings (SSSR count). The topological polar surface area (TPSA) is 111 Å². The van der Waals surface area contributed by atoms with Crippen molar-refractivity contribution < 1.29 is 41.5 Å². The maximum Gasteiger partial charge on any atom is 0.416 e. The highest BCUT2D eigenvalue weighted by atomic mass is 19.4. The first-order chi connectivity index (χ1) is 25.9. The van der Waals surface area contributed by atoms with Crippen LogP contribution in [0, 0.1) is 5.92 Å². The zero-order valence-electron chi connectivity index (χ0n) is 29.7. The second kappa shape index (κ2) is 16.6. The molecule has 10 nitrogen and oxygen atoms in total. The minimum Gasteiger partial charge on any atom is -0.444 e. The Morgan fingerprint density at radius 1 is 0.815 bits per heavy atom. The van der Waals surface area contributed by atoms with Crippen LogP contribution in [0.1, 0.15) is 41.2 Å². The summed E-state index contributed by atoms with van der Waals surface area (Å²) in [6.45, 7) is 0.225. The summed E-state index contributed by atoms with van der Waals surface area (Å²) < 4.78 is 60.0. The second-order valence-electron chi connectivity index (χ2n) is 13.5. The van der Waals surface area contributed by atoms with Crippen LogP contribution in [0.4, 0.5) is 27.2 Å². The van der Waals surface area contributed by atoms with Gasteiger partial charge in [-0.05, 0) is 64.1 Å². The molecule has 0 aliphatic carbocycles. The second-order valence-corrected chi connectivity index (χ2v) is 13.5. The smallest absolute Gasteiger partial charge is 0.416 e. The molecule has 4 aromatic rings. The lowest BCUT2D eigenvalue weighted by atomic mass is 9.91. The van der Waals surface area contributed by atoms with Crippen LogP contribution in [0.15, 0.2) is 91.0 Å². The van der Waals surface area contributed by atoms with Crippen molar-refractivity contribution in [3.05, 3.63) is 119 Å². The highest BCUT2D eigenvalue weighted by Crippen LogP contribution is 2.33. The molecule has 2 heterocycles. The van der Waals surface area contributed by atoms with Crippen LogP contribution in [0.2, 0.25) is 0 Å². The van der Waals surface area contributed by atoms with Gasteiger partial charge in [0, 0.05) is 26.2 Å². The van der Waals surface area contributed by atoms with Crippen LogP contribution in [-0.4, -0.2) is 77.0 Å². The summed E-state index contributed by atoms with van der Waals surface area (Å²) in [5.41, 5.74) is 0.249. The third-order valence-corrected chi connectivity index (χ3v) is 9.65. The van der Waals surface area contributed by atoms with Crippen molar-refractivity contribution in [2.24, 2.45) is 5.92 Å². The molecule has 2 aliphatic heterocycles. The van der Waals surface area contributed by atoms with E-state index in [1.165, 1.54) is 20.8 Å². The Balaban J connectivity index is 1.34. The molecule has 0 radical (unpaired) electrons. The number of halogens is 4. The van der Waals surface area contributed by atoms with E-state index < -0.39 is 67.1 Å². The summed E-state index contributed by atoms with van der Waals surface area (Å²) in [6, 6.07) is 23.6. The number of ether oxygens (including phenoxy) is 1. The first-order valence-electron chi connectivity index (χ1n) is 17.8. The molecule has 0 aromatic heterocycles. The molecule has 0 bridgehead atoms. The lowest BCUT2D eigenvalue weighted by Gasteiger charge is -2.53. The van der Waals surface area contributed by atoms with E-state index in [0.717, 1.165) is 28.0 Å². The van der Waals surface area contributed by atoms with Gasteiger partial charge in [0.15, 0.2) is 0 Å². The third-order valence-electron chi connectivity index (χ3n) is 9.65. The van der Waals surface area contributed by atoms with Crippen molar-refractivity contribution >= 4 is 34.7 Å². The standard InChI is InChI=1S/C40H41F4N5O5/c1-2-14-45-38(52)46-21-34-37(51)47(22-26-8-4-3-5-9-26)24-35-48(39(53)54-25-29-15-28(20-41)18-33(19-29)40(42,43)44)23-32(36(50)49(34)35)17-27-12-13-30-10-6-7-11-31(30)16-27/h3-13,15-16,18-19,32,34-35H,2,14,17,20-25H2,1H3,(H2,45,46,52)/t32-,34-,35+/m0/s1. The van der Waals surface area contributed by atoms with Crippen molar-refractivity contribution in [1.82, 2.24) is 25.3 Å². The van der Waals surface area contributed by atoms with E-state index in [-0.39, 0.29) is 43.7 Å². The van der Waals surface area contributed by atoms with E-state index in [4.69, 9.17) is 4.74 Å². The van der Waals surface area contributed by atoms with Gasteiger partial charge in [-0.3, -0.25) is 14.5 Å². The Bertz CT molecular complexity index is 1990. The fourth-order valence-corrected chi connectivity index (χ4v) is 7.05. The minimum absolute atomic E-state index is 0.0619. The van der Waals surface area contributed by atoms with E-state index >= 15 is 0 Å². The van der Waals surface area contributed by atoms with Crippen molar-refractivity contribution in [2.75, 3.05) is 26.2 Å². The van der Waals surface area contributed by atoms with Crippen molar-refractivity contribution in [2.45, 2.75) is 58.0 Å². The number of nitrogens with one attached hydrogen (secondary N) is 2. The molecule has 4 aromatic carbocycles. The molecular weight excluding hydrogens is 706 g/mol. The molecule has 2 fully saturated rings. The van der Waals surface area contributed by atoms with Gasteiger partial charge in [-0.1, -0.05) is 79.7 Å². The number of benzene rings is 4. The van der Waals surface area contributed by atoms with E-state index in [9.17, 15) is 36.7 Å². The average molecular weight is 748 g/mol. The maximum atomic E-state index is 14.5. The molecule has 0 saturated carbocycles. The van der Waals surface area contributed by atoms with E-state index in [2.05, 4.69) is 10.6 Å². The van der Waals surface area contributed by atoms with Crippen LogP contribution >= 0.6 is 0 Å². The SMILES string of the molecule is CCCNC(=O)NC[C@H]1C(=O)N(Cc2ccccc2)C[C@@H]2N(C(=O)OCc3cc(CF)cc(C(F)(F)F)c3)C[C@H](Cc3ccc4ccccc4c3)C(=O)N21. The number of rotatable bonds is 11. The zero-order valence-corrected chi connectivity index (χ0v) is 29.7. The number of amides is 5. The molecule has 0 spiro atoms. The molecule has 2 saturated heterocycles. The van der Waals surface area contributed by atoms with Crippen LogP contribution in [0.5, 0.6) is 0 Å². The number of piperazine rings is 1. The van der Waals surface area contributed by atoms with E-state index in [1.807, 2.05) is 79.7 Å². The van der Waals surface area contributed by atoms with Crippen LogP contribution < -0.4 is 10.6 Å². The summed E-state index contributed by atoms with van der Waals surface area (Å²) in [5, 5.41) is 7.36. The number of hydrogen-bond donors (Lipinski definition) is 2. The van der Waals surface area contributed by atoms with Gasteiger partial charge in [-0.15, -0.1) is 0 Å². The van der Waals surface area contributed by atoms with Crippen LogP contribution in [-0.2, 0) is 46.7 Å². The summed E-state index contributed by atoms with van der Waals surface area (Å²) in [6.07, 6.45) is -5.84. The molecular formula is C40H41F4N5O5. The lowest BCUT2D eigenvalue weighted by Crippen LogP contribution is -2.74. The number of hydrogen-bond acceptors (Lipinski definition) is 5. The van der Waals surface area contributed by atoms with Crippen LogP contribution in [0.3, 0.4) is 0 Å². The highest BCUT2D eigenvalue weighted by Gasteiger charge is 2.52. The average Bonchev–Trinajstić information content (AvgIpc) is 3.17. The highest BCUT2D eigenvalue weighted by molar-refractivity contribution is 5.92. The number of nitrogens with zero attached hydrogens (tertiary/aromatic N) is 3. The maximum absolute atomic E-state index is 14.5. The Labute approximate surface area is 310 Å². The molecule has 54 heavy (non-hydrogen) atoms. The number of carbonyl (C=O) groups is 4. The summed E-state index contributed by atoms with van der Waals surface area (Å²) in [7, 11) is 0. The van der Waals surface area contributed by atoms with Crippen LogP contribution in [0.25, 0.3) is 10.8 Å². The number of urea groups is 1. The Hall–Kier alpha value is -5.66. The Morgan fingerprint density at radius 2 is 1.54 bits per heavy atom. The van der Waals surface area contributed by atoms with E-state index in [0.29, 0.717) is 19.0 Å². The fraction of sp³-hybridized carbons (Fsp3) is 0.350. The molecule has 284 valence electrons. The molecule has 14 heteroatoms. The number of alkyl halides is 4. The number of fused-ring (bicyclic) bond motifs is 2.